The molecule has 3 rings (SSSR count). The minimum atomic E-state index is 0.297. The van der Waals surface area contributed by atoms with Crippen LogP contribution < -0.4 is 10.1 Å². The predicted octanol–water partition coefficient (Wildman–Crippen LogP) is 4.02. The normalized spacial score (nSPS) is 14.0. The summed E-state index contributed by atoms with van der Waals surface area (Å²) in [6.07, 6.45) is 2.69. The number of carbonyl (C=O) groups is 1. The van der Waals surface area contributed by atoms with Crippen molar-refractivity contribution in [3.05, 3.63) is 64.7 Å². The van der Waals surface area contributed by atoms with Gasteiger partial charge in [0, 0.05) is 36.6 Å². The van der Waals surface area contributed by atoms with Gasteiger partial charge in [-0.05, 0) is 43.1 Å². The number of benzene rings is 2. The molecule has 1 N–H and O–H groups in total. The Bertz CT molecular complexity index is 718. The summed E-state index contributed by atoms with van der Waals surface area (Å²) >= 11 is 5.92. The van der Waals surface area contributed by atoms with Gasteiger partial charge in [0.05, 0.1) is 0 Å². The van der Waals surface area contributed by atoms with E-state index in [9.17, 15) is 4.79 Å². The molecule has 0 spiro atoms. The number of ether oxygens (including phenoxy) is 1. The van der Waals surface area contributed by atoms with Crippen molar-refractivity contribution in [2.24, 2.45) is 0 Å². The Morgan fingerprint density at radius 3 is 2.69 bits per heavy atom. The maximum atomic E-state index is 11.6. The molecule has 0 aromatic heterocycles. The largest absolute Gasteiger partial charge is 0.489 e. The van der Waals surface area contributed by atoms with E-state index >= 15 is 0 Å². The van der Waals surface area contributed by atoms with Gasteiger partial charge in [-0.3, -0.25) is 4.79 Å². The highest BCUT2D eigenvalue weighted by molar-refractivity contribution is 6.30. The maximum absolute atomic E-state index is 11.6. The number of rotatable bonds is 9. The molecule has 138 valence electrons. The zero-order valence-corrected chi connectivity index (χ0v) is 15.7. The zero-order valence-electron chi connectivity index (χ0n) is 14.9. The van der Waals surface area contributed by atoms with Crippen LogP contribution in [-0.4, -0.2) is 30.4 Å². The monoisotopic (exact) mass is 372 g/mol. The van der Waals surface area contributed by atoms with Gasteiger partial charge in [-0.15, -0.1) is 0 Å². The molecule has 0 saturated carbocycles. The minimum absolute atomic E-state index is 0.297. The number of hydrogen-bond donors (Lipinski definition) is 1. The molecule has 1 aliphatic rings. The van der Waals surface area contributed by atoms with E-state index in [0.29, 0.717) is 18.9 Å². The fourth-order valence-corrected chi connectivity index (χ4v) is 3.22. The summed E-state index contributed by atoms with van der Waals surface area (Å²) < 4.78 is 5.98. The Balaban J connectivity index is 1.43. The molecule has 2 aromatic rings. The summed E-state index contributed by atoms with van der Waals surface area (Å²) in [6, 6.07) is 15.8. The Labute approximate surface area is 160 Å². The lowest BCUT2D eigenvalue weighted by molar-refractivity contribution is -0.127. The molecule has 2 aromatic carbocycles. The van der Waals surface area contributed by atoms with Crippen molar-refractivity contribution in [1.82, 2.24) is 10.2 Å². The molecule has 0 atom stereocenters. The van der Waals surface area contributed by atoms with Gasteiger partial charge >= 0.3 is 0 Å². The molecule has 26 heavy (non-hydrogen) atoms. The van der Waals surface area contributed by atoms with E-state index in [2.05, 4.69) is 11.4 Å². The number of halogens is 1. The highest BCUT2D eigenvalue weighted by atomic mass is 35.5. The lowest BCUT2D eigenvalue weighted by atomic mass is 10.2. The number of carbonyl (C=O) groups excluding carboxylic acids is 1. The van der Waals surface area contributed by atoms with E-state index in [1.165, 1.54) is 0 Å². The van der Waals surface area contributed by atoms with E-state index in [1.54, 1.807) is 0 Å². The van der Waals surface area contributed by atoms with E-state index in [-0.39, 0.29) is 0 Å². The Morgan fingerprint density at radius 1 is 1.12 bits per heavy atom. The van der Waals surface area contributed by atoms with Gasteiger partial charge in [0.2, 0.25) is 5.91 Å². The summed E-state index contributed by atoms with van der Waals surface area (Å²) in [4.78, 5) is 13.6. The average molecular weight is 373 g/mol. The molecule has 0 bridgehead atoms. The number of nitrogens with zero attached hydrogens (tertiary/aromatic N) is 1. The molecular formula is C21H25ClN2O2. The second-order valence-electron chi connectivity index (χ2n) is 6.54. The number of hydrogen-bond acceptors (Lipinski definition) is 3. The van der Waals surface area contributed by atoms with Crippen LogP contribution >= 0.6 is 11.6 Å². The smallest absolute Gasteiger partial charge is 0.222 e. The van der Waals surface area contributed by atoms with Gasteiger partial charge in [-0.25, -0.2) is 0 Å². The van der Waals surface area contributed by atoms with Crippen molar-refractivity contribution in [3.63, 3.8) is 0 Å². The first-order valence-corrected chi connectivity index (χ1v) is 9.54. The zero-order chi connectivity index (χ0) is 18.2. The fourth-order valence-electron chi connectivity index (χ4n) is 3.09. The molecule has 4 nitrogen and oxygen atoms in total. The number of likely N-dealkylation sites (tertiary alicyclic amines) is 1. The van der Waals surface area contributed by atoms with Crippen molar-refractivity contribution in [2.75, 3.05) is 19.6 Å². The lowest BCUT2D eigenvalue weighted by Crippen LogP contribution is -2.28. The van der Waals surface area contributed by atoms with Crippen LogP contribution in [-0.2, 0) is 17.9 Å². The molecule has 1 heterocycles. The Morgan fingerprint density at radius 2 is 1.92 bits per heavy atom. The fraction of sp³-hybridized carbons (Fsp3) is 0.381. The minimum Gasteiger partial charge on any atom is -0.489 e. The Hall–Kier alpha value is -2.04. The van der Waals surface area contributed by atoms with Gasteiger partial charge in [0.25, 0.3) is 0 Å². The van der Waals surface area contributed by atoms with Crippen molar-refractivity contribution in [3.8, 4) is 5.75 Å². The topological polar surface area (TPSA) is 41.6 Å². The Kier molecular flexibility index (Phi) is 6.92. The third-order valence-electron chi connectivity index (χ3n) is 4.55. The van der Waals surface area contributed by atoms with Gasteiger partial charge < -0.3 is 15.0 Å². The van der Waals surface area contributed by atoms with Gasteiger partial charge in [-0.1, -0.05) is 41.9 Å². The van der Waals surface area contributed by atoms with Crippen molar-refractivity contribution >= 4 is 17.5 Å². The summed E-state index contributed by atoms with van der Waals surface area (Å²) in [7, 11) is 0. The van der Waals surface area contributed by atoms with E-state index < -0.39 is 0 Å². The van der Waals surface area contributed by atoms with Crippen LogP contribution in [0.1, 0.15) is 30.4 Å². The summed E-state index contributed by atoms with van der Waals surface area (Å²) in [6.45, 7) is 3.92. The predicted molar refractivity (Wildman–Crippen MR) is 104 cm³/mol. The first-order chi connectivity index (χ1) is 12.7. The van der Waals surface area contributed by atoms with Gasteiger partial charge in [-0.2, -0.15) is 0 Å². The second-order valence-corrected chi connectivity index (χ2v) is 6.97. The summed E-state index contributed by atoms with van der Waals surface area (Å²) in [5, 5.41) is 4.18. The van der Waals surface area contributed by atoms with Crippen LogP contribution in [0.2, 0.25) is 5.02 Å². The molecule has 1 amide bonds. The van der Waals surface area contributed by atoms with Crippen LogP contribution in [0.3, 0.4) is 0 Å². The molecule has 5 heteroatoms. The summed E-state index contributed by atoms with van der Waals surface area (Å²) in [5.41, 5.74) is 2.23. The molecule has 0 unspecified atom stereocenters. The van der Waals surface area contributed by atoms with Crippen LogP contribution in [0.15, 0.2) is 48.5 Å². The van der Waals surface area contributed by atoms with Crippen molar-refractivity contribution in [2.45, 2.75) is 32.4 Å². The number of amides is 1. The third-order valence-corrected chi connectivity index (χ3v) is 4.80. The van der Waals surface area contributed by atoms with Crippen LogP contribution in [0.4, 0.5) is 0 Å². The molecule has 0 aliphatic carbocycles. The van der Waals surface area contributed by atoms with Crippen LogP contribution in [0.5, 0.6) is 5.75 Å². The van der Waals surface area contributed by atoms with Crippen molar-refractivity contribution < 1.29 is 9.53 Å². The molecule has 1 saturated heterocycles. The molecule has 1 aliphatic heterocycles. The number of para-hydroxylation sites is 1. The van der Waals surface area contributed by atoms with E-state index in [4.69, 9.17) is 16.3 Å². The van der Waals surface area contributed by atoms with E-state index in [1.807, 2.05) is 47.4 Å². The first kappa shape index (κ1) is 18.7. The molecular weight excluding hydrogens is 348 g/mol. The highest BCUT2D eigenvalue weighted by Gasteiger charge is 2.18. The molecule has 0 radical (unpaired) electrons. The summed E-state index contributed by atoms with van der Waals surface area (Å²) in [5.74, 6) is 1.19. The first-order valence-electron chi connectivity index (χ1n) is 9.16. The SMILES string of the molecule is O=C1CCCN1CCCNCc1ccccc1OCc1ccc(Cl)cc1. The average Bonchev–Trinajstić information content (AvgIpc) is 3.07. The second kappa shape index (κ2) is 9.60. The maximum Gasteiger partial charge on any atom is 0.222 e. The van der Waals surface area contributed by atoms with Crippen LogP contribution in [0.25, 0.3) is 0 Å². The van der Waals surface area contributed by atoms with Crippen molar-refractivity contribution in [1.29, 1.82) is 0 Å². The third kappa shape index (κ3) is 5.48. The highest BCUT2D eigenvalue weighted by Crippen LogP contribution is 2.20. The van der Waals surface area contributed by atoms with Gasteiger partial charge in [0.1, 0.15) is 12.4 Å². The standard InChI is InChI=1S/C21H25ClN2O2/c22-19-10-8-17(9-11-19)16-26-20-6-2-1-5-18(20)15-23-12-4-14-24-13-3-7-21(24)25/h1-2,5-6,8-11,23H,3-4,7,12-16H2. The van der Waals surface area contributed by atoms with Crippen LogP contribution in [0, 0.1) is 0 Å². The molecule has 1 fully saturated rings. The van der Waals surface area contributed by atoms with Gasteiger partial charge in [0.15, 0.2) is 0 Å². The lowest BCUT2D eigenvalue weighted by Gasteiger charge is -2.16. The number of nitrogens with one attached hydrogen (secondary N) is 1. The van der Waals surface area contributed by atoms with E-state index in [0.717, 1.165) is 60.9 Å². The quantitative estimate of drug-likeness (QED) is 0.676.